The maximum absolute atomic E-state index is 13.4. The largest absolute Gasteiger partial charge is 0.497 e. The van der Waals surface area contributed by atoms with Gasteiger partial charge in [0.1, 0.15) is 17.7 Å². The molecule has 0 radical (unpaired) electrons. The van der Waals surface area contributed by atoms with Crippen LogP contribution in [0.4, 0.5) is 11.4 Å². The van der Waals surface area contributed by atoms with Gasteiger partial charge < -0.3 is 10.1 Å². The molecule has 0 saturated heterocycles. The predicted octanol–water partition coefficient (Wildman–Crippen LogP) is 4.28. The van der Waals surface area contributed by atoms with Gasteiger partial charge in [0.25, 0.3) is 5.69 Å². The van der Waals surface area contributed by atoms with Gasteiger partial charge in [-0.2, -0.15) is 0 Å². The lowest BCUT2D eigenvalue weighted by Crippen LogP contribution is -2.45. The van der Waals surface area contributed by atoms with Gasteiger partial charge in [0.15, 0.2) is 0 Å². The van der Waals surface area contributed by atoms with Crippen LogP contribution in [0.5, 0.6) is 5.75 Å². The van der Waals surface area contributed by atoms with E-state index in [2.05, 4.69) is 5.32 Å². The molecule has 3 rings (SSSR count). The first-order valence-electron chi connectivity index (χ1n) is 10.5. The first kappa shape index (κ1) is 24.7. The van der Waals surface area contributed by atoms with Crippen molar-refractivity contribution in [3.63, 3.8) is 0 Å². The van der Waals surface area contributed by atoms with Crippen molar-refractivity contribution >= 4 is 34.8 Å². The number of nitro groups is 1. The number of amides is 2. The van der Waals surface area contributed by atoms with Crippen molar-refractivity contribution in [1.82, 2.24) is 5.32 Å². The fourth-order valence-electron chi connectivity index (χ4n) is 3.53. The van der Waals surface area contributed by atoms with E-state index < -0.39 is 22.8 Å². The van der Waals surface area contributed by atoms with Crippen molar-refractivity contribution in [3.8, 4) is 5.75 Å². The molecule has 3 aromatic carbocycles. The van der Waals surface area contributed by atoms with E-state index in [-0.39, 0.29) is 11.6 Å². The molecule has 0 heterocycles. The summed E-state index contributed by atoms with van der Waals surface area (Å²) in [6.07, 6.45) is 0.599. The molecular formula is C25H24ClN3O5. The van der Waals surface area contributed by atoms with Gasteiger partial charge in [0.2, 0.25) is 11.8 Å². The summed E-state index contributed by atoms with van der Waals surface area (Å²) < 4.78 is 5.27. The van der Waals surface area contributed by atoms with Crippen molar-refractivity contribution in [2.45, 2.75) is 12.5 Å². The summed E-state index contributed by atoms with van der Waals surface area (Å²) in [6.45, 7) is 0.341. The summed E-state index contributed by atoms with van der Waals surface area (Å²) >= 11 is 5.91. The van der Waals surface area contributed by atoms with Crippen molar-refractivity contribution < 1.29 is 19.2 Å². The number of benzene rings is 3. The van der Waals surface area contributed by atoms with Crippen LogP contribution in [0.25, 0.3) is 0 Å². The van der Waals surface area contributed by atoms with Crippen LogP contribution in [0.3, 0.4) is 0 Å². The van der Waals surface area contributed by atoms with Gasteiger partial charge in [-0.3, -0.25) is 24.6 Å². The Bertz CT molecular complexity index is 1140. The van der Waals surface area contributed by atoms with E-state index in [1.807, 2.05) is 30.3 Å². The SMILES string of the molecule is COc1cccc(N(C(=O)CCl)C(C(=O)NCCc2ccccc2)c2ccc([N+](=O)[O-])cc2)c1. The molecule has 0 saturated carbocycles. The summed E-state index contributed by atoms with van der Waals surface area (Å²) in [5.74, 6) is -0.808. The lowest BCUT2D eigenvalue weighted by molar-refractivity contribution is -0.384. The van der Waals surface area contributed by atoms with Gasteiger partial charge >= 0.3 is 0 Å². The molecule has 2 amide bonds. The third-order valence-electron chi connectivity index (χ3n) is 5.20. The summed E-state index contributed by atoms with van der Waals surface area (Å²) in [7, 11) is 1.50. The summed E-state index contributed by atoms with van der Waals surface area (Å²) in [5, 5.41) is 14.0. The second-order valence-electron chi connectivity index (χ2n) is 7.38. The smallest absolute Gasteiger partial charge is 0.269 e. The molecule has 1 atom stereocenters. The number of carbonyl (C=O) groups is 2. The highest BCUT2D eigenvalue weighted by Gasteiger charge is 2.32. The van der Waals surface area contributed by atoms with Crippen molar-refractivity contribution in [3.05, 3.63) is 100 Å². The van der Waals surface area contributed by atoms with E-state index >= 15 is 0 Å². The minimum absolute atomic E-state index is 0.122. The first-order valence-corrected chi connectivity index (χ1v) is 11.1. The molecule has 3 aromatic rings. The molecule has 0 fully saturated rings. The van der Waals surface area contributed by atoms with E-state index in [1.165, 1.54) is 36.3 Å². The number of hydrogen-bond donors (Lipinski definition) is 1. The van der Waals surface area contributed by atoms with Gasteiger partial charge in [-0.25, -0.2) is 0 Å². The van der Waals surface area contributed by atoms with Gasteiger partial charge in [0, 0.05) is 30.4 Å². The van der Waals surface area contributed by atoms with Crippen LogP contribution in [0.2, 0.25) is 0 Å². The minimum Gasteiger partial charge on any atom is -0.497 e. The number of anilines is 1. The third kappa shape index (κ3) is 6.11. The van der Waals surface area contributed by atoms with E-state index in [1.54, 1.807) is 24.3 Å². The maximum atomic E-state index is 13.4. The topological polar surface area (TPSA) is 102 Å². The first-order chi connectivity index (χ1) is 16.4. The molecule has 1 unspecified atom stereocenters. The molecule has 0 aromatic heterocycles. The Labute approximate surface area is 202 Å². The number of ether oxygens (including phenoxy) is 1. The Morgan fingerprint density at radius 2 is 1.76 bits per heavy atom. The van der Waals surface area contributed by atoms with E-state index in [4.69, 9.17) is 16.3 Å². The number of rotatable bonds is 10. The van der Waals surface area contributed by atoms with Gasteiger partial charge in [0.05, 0.1) is 12.0 Å². The molecule has 0 spiro atoms. The normalized spacial score (nSPS) is 11.4. The van der Waals surface area contributed by atoms with Crippen LogP contribution in [-0.2, 0) is 16.0 Å². The molecular weight excluding hydrogens is 458 g/mol. The second-order valence-corrected chi connectivity index (χ2v) is 7.64. The number of alkyl halides is 1. The molecule has 9 heteroatoms. The number of carbonyl (C=O) groups excluding carboxylic acids is 2. The summed E-state index contributed by atoms with van der Waals surface area (Å²) in [5.41, 5.74) is 1.75. The average molecular weight is 482 g/mol. The van der Waals surface area contributed by atoms with Gasteiger partial charge in [-0.05, 0) is 41.8 Å². The number of nitrogens with zero attached hydrogens (tertiary/aromatic N) is 2. The average Bonchev–Trinajstić information content (AvgIpc) is 2.87. The number of methoxy groups -OCH3 is 1. The molecule has 0 aliphatic rings. The Balaban J connectivity index is 1.97. The highest BCUT2D eigenvalue weighted by molar-refractivity contribution is 6.29. The van der Waals surface area contributed by atoms with E-state index in [0.29, 0.717) is 30.0 Å². The van der Waals surface area contributed by atoms with Crippen LogP contribution in [0.1, 0.15) is 17.2 Å². The lowest BCUT2D eigenvalue weighted by atomic mass is 10.0. The summed E-state index contributed by atoms with van der Waals surface area (Å²) in [4.78, 5) is 38.3. The zero-order valence-electron chi connectivity index (χ0n) is 18.5. The molecule has 0 aliphatic heterocycles. The quantitative estimate of drug-likeness (QED) is 0.264. The van der Waals surface area contributed by atoms with Crippen LogP contribution < -0.4 is 15.0 Å². The van der Waals surface area contributed by atoms with E-state index in [9.17, 15) is 19.7 Å². The number of hydrogen-bond acceptors (Lipinski definition) is 5. The van der Waals surface area contributed by atoms with Crippen LogP contribution >= 0.6 is 11.6 Å². The van der Waals surface area contributed by atoms with Crippen LogP contribution in [-0.4, -0.2) is 36.3 Å². The number of nitro benzene ring substituents is 1. The minimum atomic E-state index is -1.10. The highest BCUT2D eigenvalue weighted by atomic mass is 35.5. The second kappa shape index (κ2) is 11.8. The Morgan fingerprint density at radius 3 is 2.38 bits per heavy atom. The molecule has 1 N–H and O–H groups in total. The van der Waals surface area contributed by atoms with E-state index in [0.717, 1.165) is 5.56 Å². The third-order valence-corrected chi connectivity index (χ3v) is 5.43. The Kier molecular flexibility index (Phi) is 8.59. The fraction of sp³-hybridized carbons (Fsp3) is 0.200. The monoisotopic (exact) mass is 481 g/mol. The number of nitrogens with one attached hydrogen (secondary N) is 1. The number of halogens is 1. The van der Waals surface area contributed by atoms with Crippen molar-refractivity contribution in [2.24, 2.45) is 0 Å². The number of non-ortho nitro benzene ring substituents is 1. The fourth-order valence-corrected chi connectivity index (χ4v) is 3.66. The molecule has 34 heavy (non-hydrogen) atoms. The van der Waals surface area contributed by atoms with Crippen LogP contribution in [0, 0.1) is 10.1 Å². The standard InChI is InChI=1S/C25H24ClN3O5/c1-34-22-9-5-8-21(16-22)28(23(30)17-26)24(19-10-12-20(13-11-19)29(32)33)25(31)27-15-14-18-6-3-2-4-7-18/h2-13,16,24H,14-15,17H2,1H3,(H,27,31). The zero-order valence-corrected chi connectivity index (χ0v) is 19.3. The Morgan fingerprint density at radius 1 is 1.06 bits per heavy atom. The summed E-state index contributed by atoms with van der Waals surface area (Å²) in [6, 6.07) is 20.8. The molecule has 0 bridgehead atoms. The molecule has 176 valence electrons. The highest BCUT2D eigenvalue weighted by Crippen LogP contribution is 2.31. The molecule has 8 nitrogen and oxygen atoms in total. The zero-order chi connectivity index (χ0) is 24.5. The van der Waals surface area contributed by atoms with Crippen molar-refractivity contribution in [1.29, 1.82) is 0 Å². The maximum Gasteiger partial charge on any atom is 0.269 e. The van der Waals surface area contributed by atoms with Gasteiger partial charge in [-0.15, -0.1) is 11.6 Å². The predicted molar refractivity (Wildman–Crippen MR) is 130 cm³/mol. The van der Waals surface area contributed by atoms with Crippen molar-refractivity contribution in [2.75, 3.05) is 24.4 Å². The Hall–Kier alpha value is -3.91. The molecule has 0 aliphatic carbocycles. The van der Waals surface area contributed by atoms with Gasteiger partial charge in [-0.1, -0.05) is 36.4 Å². The lowest BCUT2D eigenvalue weighted by Gasteiger charge is -2.31. The van der Waals surface area contributed by atoms with Crippen LogP contribution in [0.15, 0.2) is 78.9 Å².